The van der Waals surface area contributed by atoms with Crippen molar-refractivity contribution in [3.63, 3.8) is 0 Å². The van der Waals surface area contributed by atoms with E-state index in [0.29, 0.717) is 15.8 Å². The molecule has 0 amide bonds. The average molecular weight is 287 g/mol. The van der Waals surface area contributed by atoms with Gasteiger partial charge in [-0.1, -0.05) is 11.3 Å². The van der Waals surface area contributed by atoms with Gasteiger partial charge >= 0.3 is 4.87 Å². The summed E-state index contributed by atoms with van der Waals surface area (Å²) in [5, 5.41) is 19.1. The van der Waals surface area contributed by atoms with Crippen LogP contribution in [0.15, 0.2) is 41.2 Å². The van der Waals surface area contributed by atoms with Crippen LogP contribution < -0.4 is 4.87 Å². The number of fused-ring (bicyclic) bond motifs is 1. The number of nitrogens with one attached hydrogen (secondary N) is 1. The molecule has 20 heavy (non-hydrogen) atoms. The monoisotopic (exact) mass is 287 g/mol. The van der Waals surface area contributed by atoms with Crippen molar-refractivity contribution in [1.29, 1.82) is 0 Å². The number of carbonyl (C=O) groups excluding carboxylic acids is 1. The summed E-state index contributed by atoms with van der Waals surface area (Å²) in [7, 11) is 0. The molecule has 0 aliphatic carbocycles. The average Bonchev–Trinajstić information content (AvgIpc) is 2.79. The zero-order valence-electron chi connectivity index (χ0n) is 10.1. The molecule has 3 N–H and O–H groups in total. The lowest BCUT2D eigenvalue weighted by molar-refractivity contribution is 0.103. The van der Waals surface area contributed by atoms with Crippen molar-refractivity contribution in [2.75, 3.05) is 0 Å². The van der Waals surface area contributed by atoms with Gasteiger partial charge in [-0.3, -0.25) is 9.59 Å². The van der Waals surface area contributed by atoms with Crippen LogP contribution in [0.1, 0.15) is 15.9 Å². The van der Waals surface area contributed by atoms with Gasteiger partial charge in [0.2, 0.25) is 0 Å². The number of thiazole rings is 1. The van der Waals surface area contributed by atoms with Gasteiger partial charge in [0.05, 0.1) is 15.8 Å². The molecule has 0 saturated heterocycles. The van der Waals surface area contributed by atoms with Crippen LogP contribution in [0.5, 0.6) is 11.5 Å². The predicted octanol–water partition coefficient (Wildman–Crippen LogP) is 2.23. The van der Waals surface area contributed by atoms with Gasteiger partial charge in [0, 0.05) is 5.56 Å². The van der Waals surface area contributed by atoms with Crippen molar-refractivity contribution in [2.45, 2.75) is 0 Å². The lowest BCUT2D eigenvalue weighted by atomic mass is 10.0. The predicted molar refractivity (Wildman–Crippen MR) is 75.6 cm³/mol. The first kappa shape index (κ1) is 12.4. The maximum Gasteiger partial charge on any atom is 0.305 e. The summed E-state index contributed by atoms with van der Waals surface area (Å²) < 4.78 is 0.667. The number of rotatable bonds is 2. The molecule has 1 aromatic heterocycles. The molecule has 0 fully saturated rings. The Kier molecular flexibility index (Phi) is 2.80. The Morgan fingerprint density at radius 1 is 1.10 bits per heavy atom. The number of phenolic OH excluding ortho intramolecular Hbond substituents is 2. The zero-order valence-corrected chi connectivity index (χ0v) is 10.9. The van der Waals surface area contributed by atoms with Crippen LogP contribution in [0, 0.1) is 0 Å². The molecule has 6 heteroatoms. The highest BCUT2D eigenvalue weighted by atomic mass is 32.1. The minimum atomic E-state index is -0.416. The first-order valence-electron chi connectivity index (χ1n) is 5.74. The molecule has 0 unspecified atom stereocenters. The van der Waals surface area contributed by atoms with Crippen molar-refractivity contribution in [3.8, 4) is 11.5 Å². The largest absolute Gasteiger partial charge is 0.508 e. The standard InChI is InChI=1S/C14H9NO4S/c16-8-2-4-11(17)9(6-8)13(18)7-1-3-10-12(5-7)20-14(19)15-10/h1-6,16-17H,(H,15,19). The first-order valence-corrected chi connectivity index (χ1v) is 6.56. The molecule has 0 atom stereocenters. The molecule has 0 aliphatic rings. The maximum absolute atomic E-state index is 12.3. The Labute approximate surface area is 116 Å². The quantitative estimate of drug-likeness (QED) is 0.498. The Balaban J connectivity index is 2.12. The molecule has 0 saturated carbocycles. The zero-order chi connectivity index (χ0) is 14.3. The molecule has 5 nitrogen and oxygen atoms in total. The summed E-state index contributed by atoms with van der Waals surface area (Å²) in [6, 6.07) is 8.56. The van der Waals surface area contributed by atoms with Gasteiger partial charge in [-0.2, -0.15) is 0 Å². The number of hydrogen-bond donors (Lipinski definition) is 3. The van der Waals surface area contributed by atoms with Gasteiger partial charge < -0.3 is 15.2 Å². The number of hydrogen-bond acceptors (Lipinski definition) is 5. The summed E-state index contributed by atoms with van der Waals surface area (Å²) in [5.74, 6) is -0.713. The molecular weight excluding hydrogens is 278 g/mol. The van der Waals surface area contributed by atoms with Crippen molar-refractivity contribution in [2.24, 2.45) is 0 Å². The van der Waals surface area contributed by atoms with Crippen LogP contribution in [0.3, 0.4) is 0 Å². The number of aromatic amines is 1. The molecule has 2 aromatic carbocycles. The van der Waals surface area contributed by atoms with E-state index < -0.39 is 5.78 Å². The SMILES string of the molecule is O=C(c1ccc2[nH]c(=O)sc2c1)c1cc(O)ccc1O. The van der Waals surface area contributed by atoms with Crippen LogP contribution in [-0.4, -0.2) is 21.0 Å². The van der Waals surface area contributed by atoms with Crippen LogP contribution in [0.25, 0.3) is 10.2 Å². The molecule has 0 radical (unpaired) electrons. The lowest BCUT2D eigenvalue weighted by Crippen LogP contribution is -2.01. The van der Waals surface area contributed by atoms with Crippen molar-refractivity contribution in [3.05, 3.63) is 57.2 Å². The molecule has 1 heterocycles. The fraction of sp³-hybridized carbons (Fsp3) is 0. The second-order valence-electron chi connectivity index (χ2n) is 4.26. The Bertz CT molecular complexity index is 878. The Hall–Kier alpha value is -2.60. The van der Waals surface area contributed by atoms with Gasteiger partial charge in [-0.15, -0.1) is 0 Å². The molecule has 3 rings (SSSR count). The van der Waals surface area contributed by atoms with E-state index in [2.05, 4.69) is 4.98 Å². The number of aromatic nitrogens is 1. The van der Waals surface area contributed by atoms with E-state index >= 15 is 0 Å². The second kappa shape index (κ2) is 4.50. The summed E-state index contributed by atoms with van der Waals surface area (Å²) >= 11 is 1.01. The molecule has 0 spiro atoms. The number of benzene rings is 2. The molecule has 0 bridgehead atoms. The van der Waals surface area contributed by atoms with E-state index in [0.717, 1.165) is 11.3 Å². The minimum absolute atomic E-state index is 0.0206. The number of ketones is 1. The van der Waals surface area contributed by atoms with E-state index in [1.807, 2.05) is 0 Å². The van der Waals surface area contributed by atoms with Gasteiger partial charge in [-0.25, -0.2) is 0 Å². The van der Waals surface area contributed by atoms with Crippen LogP contribution in [0.4, 0.5) is 0 Å². The smallest absolute Gasteiger partial charge is 0.305 e. The fourth-order valence-electron chi connectivity index (χ4n) is 1.95. The third-order valence-electron chi connectivity index (χ3n) is 2.91. The normalized spacial score (nSPS) is 10.8. The van der Waals surface area contributed by atoms with E-state index in [-0.39, 0.29) is 21.9 Å². The van der Waals surface area contributed by atoms with Crippen LogP contribution in [-0.2, 0) is 0 Å². The highest BCUT2D eigenvalue weighted by Crippen LogP contribution is 2.26. The van der Waals surface area contributed by atoms with E-state index in [9.17, 15) is 19.8 Å². The lowest BCUT2D eigenvalue weighted by Gasteiger charge is -2.04. The second-order valence-corrected chi connectivity index (χ2v) is 5.27. The van der Waals surface area contributed by atoms with Gasteiger partial charge in [0.25, 0.3) is 0 Å². The Morgan fingerprint density at radius 2 is 1.90 bits per heavy atom. The number of H-pyrrole nitrogens is 1. The van der Waals surface area contributed by atoms with Gasteiger partial charge in [0.15, 0.2) is 5.78 Å². The summed E-state index contributed by atoms with van der Waals surface area (Å²) in [6.45, 7) is 0. The molecule has 100 valence electrons. The van der Waals surface area contributed by atoms with Crippen molar-refractivity contribution < 1.29 is 15.0 Å². The highest BCUT2D eigenvalue weighted by Gasteiger charge is 2.15. The van der Waals surface area contributed by atoms with Crippen LogP contribution >= 0.6 is 11.3 Å². The summed E-state index contributed by atoms with van der Waals surface area (Å²) in [5.41, 5.74) is 1.03. The number of carbonyl (C=O) groups is 1. The Morgan fingerprint density at radius 3 is 2.70 bits per heavy atom. The van der Waals surface area contributed by atoms with E-state index in [1.54, 1.807) is 18.2 Å². The molecule has 0 aliphatic heterocycles. The van der Waals surface area contributed by atoms with Crippen molar-refractivity contribution >= 4 is 27.3 Å². The number of aromatic hydroxyl groups is 2. The van der Waals surface area contributed by atoms with E-state index in [1.165, 1.54) is 18.2 Å². The van der Waals surface area contributed by atoms with Gasteiger partial charge in [0.1, 0.15) is 11.5 Å². The first-order chi connectivity index (χ1) is 9.54. The van der Waals surface area contributed by atoms with Crippen molar-refractivity contribution in [1.82, 2.24) is 4.98 Å². The van der Waals surface area contributed by atoms with Crippen LogP contribution in [0.2, 0.25) is 0 Å². The maximum atomic E-state index is 12.3. The van der Waals surface area contributed by atoms with Gasteiger partial charge in [-0.05, 0) is 36.4 Å². The summed E-state index contributed by atoms with van der Waals surface area (Å²) in [6.07, 6.45) is 0. The fourth-order valence-corrected chi connectivity index (χ4v) is 2.72. The molecule has 3 aromatic rings. The highest BCUT2D eigenvalue weighted by molar-refractivity contribution is 7.16. The third-order valence-corrected chi connectivity index (χ3v) is 3.75. The minimum Gasteiger partial charge on any atom is -0.508 e. The summed E-state index contributed by atoms with van der Waals surface area (Å²) in [4.78, 5) is 26.0. The molecular formula is C14H9NO4S. The number of phenols is 2. The van der Waals surface area contributed by atoms with E-state index in [4.69, 9.17) is 0 Å². The third kappa shape index (κ3) is 2.06. The topological polar surface area (TPSA) is 90.4 Å².